The lowest BCUT2D eigenvalue weighted by molar-refractivity contribution is 0.416. The second-order valence-electron chi connectivity index (χ2n) is 3.66. The summed E-state index contributed by atoms with van der Waals surface area (Å²) < 4.78 is 27.5. The zero-order chi connectivity index (χ0) is 13.2. The molecular formula is C13H11ClO3S. The smallest absolute Gasteiger partial charge is 0.261 e. The summed E-state index contributed by atoms with van der Waals surface area (Å²) in [6.07, 6.45) is 0. The maximum atomic E-state index is 11.1. The Bertz CT molecular complexity index is 648. The van der Waals surface area contributed by atoms with Gasteiger partial charge in [-0.3, -0.25) is 0 Å². The molecule has 2 rings (SSSR count). The molecule has 18 heavy (non-hydrogen) atoms. The van der Waals surface area contributed by atoms with Crippen LogP contribution in [0, 0.1) is 0 Å². The van der Waals surface area contributed by atoms with Gasteiger partial charge in [-0.15, -0.1) is 0 Å². The lowest BCUT2D eigenvalue weighted by Gasteiger charge is -2.08. The molecule has 0 radical (unpaired) electrons. The van der Waals surface area contributed by atoms with E-state index in [0.717, 1.165) is 16.9 Å². The zero-order valence-electron chi connectivity index (χ0n) is 9.63. The first-order chi connectivity index (χ1) is 8.52. The van der Waals surface area contributed by atoms with Crippen molar-refractivity contribution in [1.29, 1.82) is 0 Å². The lowest BCUT2D eigenvalue weighted by Crippen LogP contribution is -1.91. The van der Waals surface area contributed by atoms with E-state index in [9.17, 15) is 8.42 Å². The van der Waals surface area contributed by atoms with Crippen LogP contribution in [0.15, 0.2) is 53.4 Å². The minimum atomic E-state index is -3.68. The number of ether oxygens (including phenoxy) is 1. The predicted molar refractivity (Wildman–Crippen MR) is 71.5 cm³/mol. The van der Waals surface area contributed by atoms with Gasteiger partial charge in [0.15, 0.2) is 0 Å². The Morgan fingerprint density at radius 2 is 1.61 bits per heavy atom. The van der Waals surface area contributed by atoms with Crippen molar-refractivity contribution in [2.45, 2.75) is 4.90 Å². The van der Waals surface area contributed by atoms with E-state index in [1.165, 1.54) is 12.1 Å². The molecule has 0 spiro atoms. The summed E-state index contributed by atoms with van der Waals surface area (Å²) in [7, 11) is 3.18. The van der Waals surface area contributed by atoms with E-state index in [4.69, 9.17) is 15.4 Å². The molecule has 2 aromatic rings. The van der Waals surface area contributed by atoms with Crippen LogP contribution in [0.4, 0.5) is 0 Å². The van der Waals surface area contributed by atoms with Crippen LogP contribution in [0.25, 0.3) is 11.1 Å². The third-order valence-electron chi connectivity index (χ3n) is 2.55. The molecule has 0 fully saturated rings. The molecule has 0 aliphatic carbocycles. The summed E-state index contributed by atoms with van der Waals surface area (Å²) in [4.78, 5) is 0.0859. The Hall–Kier alpha value is -1.52. The third kappa shape index (κ3) is 2.66. The van der Waals surface area contributed by atoms with Crippen molar-refractivity contribution in [2.24, 2.45) is 0 Å². The minimum absolute atomic E-state index is 0.0859. The average molecular weight is 283 g/mol. The molecule has 3 nitrogen and oxygen atoms in total. The van der Waals surface area contributed by atoms with Crippen molar-refractivity contribution in [3.05, 3.63) is 48.5 Å². The van der Waals surface area contributed by atoms with E-state index in [1.807, 2.05) is 24.3 Å². The number of para-hydroxylation sites is 1. The molecule has 2 aromatic carbocycles. The van der Waals surface area contributed by atoms with E-state index in [1.54, 1.807) is 19.2 Å². The molecule has 0 amide bonds. The topological polar surface area (TPSA) is 43.4 Å². The van der Waals surface area contributed by atoms with E-state index in [-0.39, 0.29) is 4.90 Å². The molecule has 0 aliphatic heterocycles. The SMILES string of the molecule is COc1ccccc1-c1ccc(S(=O)(=O)Cl)cc1. The van der Waals surface area contributed by atoms with E-state index < -0.39 is 9.05 Å². The molecule has 0 aromatic heterocycles. The Kier molecular flexibility index (Phi) is 3.59. The summed E-state index contributed by atoms with van der Waals surface area (Å²) in [5.41, 5.74) is 1.77. The maximum Gasteiger partial charge on any atom is 0.261 e. The van der Waals surface area contributed by atoms with E-state index in [2.05, 4.69) is 0 Å². The fourth-order valence-electron chi connectivity index (χ4n) is 1.68. The molecule has 0 N–H and O–H groups in total. The largest absolute Gasteiger partial charge is 0.496 e. The number of halogens is 1. The highest BCUT2D eigenvalue weighted by Crippen LogP contribution is 2.30. The summed E-state index contributed by atoms with van der Waals surface area (Å²) >= 11 is 0. The number of hydrogen-bond acceptors (Lipinski definition) is 3. The number of benzene rings is 2. The quantitative estimate of drug-likeness (QED) is 0.812. The molecule has 0 unspecified atom stereocenters. The van der Waals surface area contributed by atoms with E-state index in [0.29, 0.717) is 0 Å². The van der Waals surface area contributed by atoms with Crippen LogP contribution >= 0.6 is 10.7 Å². The van der Waals surface area contributed by atoms with Gasteiger partial charge < -0.3 is 4.74 Å². The van der Waals surface area contributed by atoms with Crippen molar-refractivity contribution in [3.63, 3.8) is 0 Å². The molecule has 0 atom stereocenters. The summed E-state index contributed by atoms with van der Waals surface area (Å²) in [5.74, 6) is 0.735. The summed E-state index contributed by atoms with van der Waals surface area (Å²) in [6, 6.07) is 13.9. The van der Waals surface area contributed by atoms with Gasteiger partial charge in [-0.05, 0) is 23.8 Å². The number of rotatable bonds is 3. The van der Waals surface area contributed by atoms with E-state index >= 15 is 0 Å². The van der Waals surface area contributed by atoms with Gasteiger partial charge in [0.05, 0.1) is 12.0 Å². The van der Waals surface area contributed by atoms with Crippen molar-refractivity contribution < 1.29 is 13.2 Å². The second kappa shape index (κ2) is 5.00. The van der Waals surface area contributed by atoms with Crippen LogP contribution in [0.2, 0.25) is 0 Å². The molecule has 0 aliphatic rings. The fraction of sp³-hybridized carbons (Fsp3) is 0.0769. The molecule has 5 heteroatoms. The molecule has 0 heterocycles. The Morgan fingerprint density at radius 3 is 2.17 bits per heavy atom. The number of methoxy groups -OCH3 is 1. The Balaban J connectivity index is 2.47. The average Bonchev–Trinajstić information content (AvgIpc) is 2.38. The number of hydrogen-bond donors (Lipinski definition) is 0. The van der Waals surface area contributed by atoms with Crippen LogP contribution in [0.5, 0.6) is 5.75 Å². The van der Waals surface area contributed by atoms with Gasteiger partial charge >= 0.3 is 0 Å². The van der Waals surface area contributed by atoms with Gasteiger partial charge in [0.2, 0.25) is 0 Å². The molecular weight excluding hydrogens is 272 g/mol. The Labute approximate surface area is 110 Å². The predicted octanol–water partition coefficient (Wildman–Crippen LogP) is 3.29. The zero-order valence-corrected chi connectivity index (χ0v) is 11.2. The van der Waals surface area contributed by atoms with Crippen LogP contribution in [0.3, 0.4) is 0 Å². The highest BCUT2D eigenvalue weighted by molar-refractivity contribution is 8.13. The first-order valence-electron chi connectivity index (χ1n) is 5.20. The van der Waals surface area contributed by atoms with Crippen LogP contribution in [0.1, 0.15) is 0 Å². The minimum Gasteiger partial charge on any atom is -0.496 e. The van der Waals surface area contributed by atoms with Gasteiger partial charge in [-0.2, -0.15) is 0 Å². The molecule has 94 valence electrons. The van der Waals surface area contributed by atoms with Gasteiger partial charge in [-0.25, -0.2) is 8.42 Å². The highest BCUT2D eigenvalue weighted by Gasteiger charge is 2.10. The van der Waals surface area contributed by atoms with Crippen LogP contribution < -0.4 is 4.74 Å². The first-order valence-corrected chi connectivity index (χ1v) is 7.51. The van der Waals surface area contributed by atoms with Gasteiger partial charge in [0.1, 0.15) is 5.75 Å². The summed E-state index contributed by atoms with van der Waals surface area (Å²) in [6.45, 7) is 0. The van der Waals surface area contributed by atoms with Crippen LogP contribution in [-0.2, 0) is 9.05 Å². The molecule has 0 saturated carbocycles. The monoisotopic (exact) mass is 282 g/mol. The van der Waals surface area contributed by atoms with Crippen molar-refractivity contribution in [2.75, 3.05) is 7.11 Å². The lowest BCUT2D eigenvalue weighted by atomic mass is 10.1. The van der Waals surface area contributed by atoms with Crippen LogP contribution in [-0.4, -0.2) is 15.5 Å². The summed E-state index contributed by atoms with van der Waals surface area (Å²) in [5, 5.41) is 0. The molecule has 0 saturated heterocycles. The Morgan fingerprint density at radius 1 is 1.00 bits per heavy atom. The maximum absolute atomic E-state index is 11.1. The normalized spacial score (nSPS) is 11.2. The van der Waals surface area contributed by atoms with Gasteiger partial charge in [0, 0.05) is 16.2 Å². The van der Waals surface area contributed by atoms with Gasteiger partial charge in [-0.1, -0.05) is 30.3 Å². The van der Waals surface area contributed by atoms with Gasteiger partial charge in [0.25, 0.3) is 9.05 Å². The van der Waals surface area contributed by atoms with Crippen molar-refractivity contribution in [3.8, 4) is 16.9 Å². The standard InChI is InChI=1S/C13H11ClO3S/c1-17-13-5-3-2-4-12(13)10-6-8-11(9-7-10)18(14,15)16/h2-9H,1H3. The second-order valence-corrected chi connectivity index (χ2v) is 6.23. The highest BCUT2D eigenvalue weighted by atomic mass is 35.7. The van der Waals surface area contributed by atoms with Crippen molar-refractivity contribution in [1.82, 2.24) is 0 Å². The fourth-order valence-corrected chi connectivity index (χ4v) is 2.45. The third-order valence-corrected chi connectivity index (χ3v) is 3.92. The molecule has 0 bridgehead atoms. The first kappa shape index (κ1) is 12.9. The van der Waals surface area contributed by atoms with Crippen molar-refractivity contribution >= 4 is 19.7 Å².